The molecule has 27 heavy (non-hydrogen) atoms. The van der Waals surface area contributed by atoms with Crippen LogP contribution in [0, 0.1) is 5.82 Å². The van der Waals surface area contributed by atoms with Gasteiger partial charge in [0.05, 0.1) is 6.20 Å². The highest BCUT2D eigenvalue weighted by Gasteiger charge is 2.08. The normalized spacial score (nSPS) is 10.3. The molecular weight excluding hydrogens is 355 g/mol. The third-order valence-electron chi connectivity index (χ3n) is 3.33. The molecule has 1 heterocycles. The highest BCUT2D eigenvalue weighted by Crippen LogP contribution is 2.23. The number of carboxylic acid groups (broad SMARTS) is 1. The monoisotopic (exact) mass is 370 g/mol. The number of aliphatic carboxylic acids is 1. The molecule has 0 fully saturated rings. The van der Waals surface area contributed by atoms with Crippen LogP contribution in [-0.2, 0) is 4.79 Å². The first-order valence-corrected chi connectivity index (χ1v) is 7.80. The number of carbonyl (C=O) groups is 1. The number of aromatic hydroxyl groups is 1. The van der Waals surface area contributed by atoms with Crippen molar-refractivity contribution in [2.24, 2.45) is 0 Å². The van der Waals surface area contributed by atoms with Crippen LogP contribution < -0.4 is 15.4 Å². The van der Waals surface area contributed by atoms with E-state index in [9.17, 15) is 14.3 Å². The van der Waals surface area contributed by atoms with Gasteiger partial charge in [-0.25, -0.2) is 14.2 Å². The molecule has 3 rings (SSSR count). The number of phenols is 1. The average Bonchev–Trinajstić information content (AvgIpc) is 2.64. The van der Waals surface area contributed by atoms with Gasteiger partial charge < -0.3 is 25.6 Å². The molecule has 4 N–H and O–H groups in total. The van der Waals surface area contributed by atoms with E-state index in [1.54, 1.807) is 36.4 Å². The second-order valence-corrected chi connectivity index (χ2v) is 5.40. The first-order chi connectivity index (χ1) is 13.0. The zero-order valence-corrected chi connectivity index (χ0v) is 13.9. The fourth-order valence-electron chi connectivity index (χ4n) is 2.14. The molecule has 3 aromatic rings. The summed E-state index contributed by atoms with van der Waals surface area (Å²) < 4.78 is 19.0. The number of aromatic nitrogens is 2. The molecule has 0 unspecified atom stereocenters. The first kappa shape index (κ1) is 17.9. The Hall–Kier alpha value is -3.88. The molecule has 0 atom stereocenters. The van der Waals surface area contributed by atoms with E-state index in [0.29, 0.717) is 17.1 Å². The highest BCUT2D eigenvalue weighted by molar-refractivity contribution is 5.68. The Morgan fingerprint density at radius 1 is 1.11 bits per heavy atom. The van der Waals surface area contributed by atoms with Crippen LogP contribution in [-0.4, -0.2) is 32.8 Å². The summed E-state index contributed by atoms with van der Waals surface area (Å²) in [5.41, 5.74) is 1.08. The number of anilines is 4. The number of benzene rings is 2. The van der Waals surface area contributed by atoms with Gasteiger partial charge in [-0.05, 0) is 36.4 Å². The lowest BCUT2D eigenvalue weighted by atomic mass is 10.3. The van der Waals surface area contributed by atoms with Gasteiger partial charge in [0.1, 0.15) is 11.5 Å². The fourth-order valence-corrected chi connectivity index (χ4v) is 2.14. The van der Waals surface area contributed by atoms with Crippen molar-refractivity contribution in [3.8, 4) is 11.5 Å². The molecule has 0 aliphatic heterocycles. The number of ether oxygens (including phenoxy) is 1. The number of phenolic OH excluding ortho intramolecular Hbond substituents is 1. The van der Waals surface area contributed by atoms with Crippen molar-refractivity contribution in [3.63, 3.8) is 0 Å². The van der Waals surface area contributed by atoms with Gasteiger partial charge in [0.15, 0.2) is 18.2 Å². The van der Waals surface area contributed by atoms with Gasteiger partial charge in [0.25, 0.3) is 0 Å². The summed E-state index contributed by atoms with van der Waals surface area (Å²) in [5.74, 6) is -1.19. The number of hydrogen-bond donors (Lipinski definition) is 4. The largest absolute Gasteiger partial charge is 0.508 e. The van der Waals surface area contributed by atoms with Crippen molar-refractivity contribution in [3.05, 3.63) is 60.5 Å². The van der Waals surface area contributed by atoms with E-state index in [-0.39, 0.29) is 17.5 Å². The Morgan fingerprint density at radius 2 is 1.89 bits per heavy atom. The molecule has 0 saturated carbocycles. The second kappa shape index (κ2) is 8.00. The zero-order valence-electron chi connectivity index (χ0n) is 13.9. The standard InChI is InChI=1S/C18H15FN4O4/c19-15-9-20-18(23-17(15)21-12-2-1-3-13(24)8-12)22-11-4-6-14(7-5-11)27-10-16(25)26/h1-9,24H,10H2,(H,25,26)(H2,20,21,22,23). The summed E-state index contributed by atoms with van der Waals surface area (Å²) in [5, 5.41) is 23.8. The summed E-state index contributed by atoms with van der Waals surface area (Å²) in [4.78, 5) is 18.4. The Balaban J connectivity index is 1.71. The van der Waals surface area contributed by atoms with Crippen molar-refractivity contribution < 1.29 is 24.1 Å². The molecule has 8 nitrogen and oxygen atoms in total. The van der Waals surface area contributed by atoms with E-state index in [4.69, 9.17) is 9.84 Å². The predicted octanol–water partition coefficient (Wildman–Crippen LogP) is 3.27. The quantitative estimate of drug-likeness (QED) is 0.501. The van der Waals surface area contributed by atoms with Gasteiger partial charge in [-0.3, -0.25) is 0 Å². The van der Waals surface area contributed by atoms with Crippen molar-refractivity contribution in [1.82, 2.24) is 9.97 Å². The van der Waals surface area contributed by atoms with Crippen LogP contribution in [0.4, 0.5) is 27.5 Å². The molecule has 2 aromatic carbocycles. The van der Waals surface area contributed by atoms with Gasteiger partial charge in [0.2, 0.25) is 5.95 Å². The summed E-state index contributed by atoms with van der Waals surface area (Å²) in [6.07, 6.45) is 1.02. The van der Waals surface area contributed by atoms with E-state index >= 15 is 0 Å². The number of halogens is 1. The van der Waals surface area contributed by atoms with Crippen LogP contribution in [0.25, 0.3) is 0 Å². The predicted molar refractivity (Wildman–Crippen MR) is 96.2 cm³/mol. The van der Waals surface area contributed by atoms with Crippen LogP contribution in [0.3, 0.4) is 0 Å². The van der Waals surface area contributed by atoms with Gasteiger partial charge in [-0.1, -0.05) is 6.07 Å². The van der Waals surface area contributed by atoms with Gasteiger partial charge in [-0.15, -0.1) is 0 Å². The van der Waals surface area contributed by atoms with Crippen molar-refractivity contribution >= 4 is 29.1 Å². The smallest absolute Gasteiger partial charge is 0.341 e. The molecule has 9 heteroatoms. The SMILES string of the molecule is O=C(O)COc1ccc(Nc2ncc(F)c(Nc3cccc(O)c3)n2)cc1. The third-order valence-corrected chi connectivity index (χ3v) is 3.33. The summed E-state index contributed by atoms with van der Waals surface area (Å²) in [6, 6.07) is 12.7. The Labute approximate surface area is 153 Å². The lowest BCUT2D eigenvalue weighted by Gasteiger charge is -2.10. The molecule has 0 radical (unpaired) electrons. The van der Waals surface area contributed by atoms with E-state index in [1.807, 2.05) is 0 Å². The minimum atomic E-state index is -1.07. The van der Waals surface area contributed by atoms with Crippen molar-refractivity contribution in [2.75, 3.05) is 17.2 Å². The minimum Gasteiger partial charge on any atom is -0.508 e. The van der Waals surface area contributed by atoms with Crippen LogP contribution in [0.5, 0.6) is 11.5 Å². The lowest BCUT2D eigenvalue weighted by Crippen LogP contribution is -2.09. The number of carboxylic acids is 1. The van der Waals surface area contributed by atoms with E-state index in [0.717, 1.165) is 6.20 Å². The Morgan fingerprint density at radius 3 is 2.59 bits per heavy atom. The van der Waals surface area contributed by atoms with Crippen molar-refractivity contribution in [1.29, 1.82) is 0 Å². The molecule has 0 amide bonds. The van der Waals surface area contributed by atoms with E-state index < -0.39 is 18.4 Å². The molecular formula is C18H15FN4O4. The summed E-state index contributed by atoms with van der Waals surface area (Å²) >= 11 is 0. The van der Waals surface area contributed by atoms with Crippen LogP contribution in [0.1, 0.15) is 0 Å². The van der Waals surface area contributed by atoms with Crippen molar-refractivity contribution in [2.45, 2.75) is 0 Å². The van der Waals surface area contributed by atoms with Crippen LogP contribution in [0.2, 0.25) is 0 Å². The van der Waals surface area contributed by atoms with E-state index in [1.165, 1.54) is 12.1 Å². The zero-order chi connectivity index (χ0) is 19.2. The maximum Gasteiger partial charge on any atom is 0.341 e. The molecule has 0 spiro atoms. The minimum absolute atomic E-state index is 0.0398. The molecule has 0 bridgehead atoms. The van der Waals surface area contributed by atoms with Crippen LogP contribution in [0.15, 0.2) is 54.7 Å². The fraction of sp³-hybridized carbons (Fsp3) is 0.0556. The molecule has 0 saturated heterocycles. The highest BCUT2D eigenvalue weighted by atomic mass is 19.1. The van der Waals surface area contributed by atoms with Gasteiger partial charge in [0, 0.05) is 17.4 Å². The summed E-state index contributed by atoms with van der Waals surface area (Å²) in [7, 11) is 0. The Kier molecular flexibility index (Phi) is 5.31. The molecule has 0 aliphatic rings. The maximum absolute atomic E-state index is 14.0. The molecule has 138 valence electrons. The number of hydrogen-bond acceptors (Lipinski definition) is 7. The summed E-state index contributed by atoms with van der Waals surface area (Å²) in [6.45, 7) is -0.433. The Bertz CT molecular complexity index is 950. The first-order valence-electron chi connectivity index (χ1n) is 7.80. The van der Waals surface area contributed by atoms with E-state index in [2.05, 4.69) is 20.6 Å². The topological polar surface area (TPSA) is 117 Å². The lowest BCUT2D eigenvalue weighted by molar-refractivity contribution is -0.139. The number of rotatable bonds is 7. The van der Waals surface area contributed by atoms with Gasteiger partial charge >= 0.3 is 5.97 Å². The number of nitrogens with one attached hydrogen (secondary N) is 2. The second-order valence-electron chi connectivity index (χ2n) is 5.40. The third kappa shape index (κ3) is 5.05. The molecule has 1 aromatic heterocycles. The van der Waals surface area contributed by atoms with Gasteiger partial charge in [-0.2, -0.15) is 4.98 Å². The number of nitrogens with zero attached hydrogens (tertiary/aromatic N) is 2. The molecule has 0 aliphatic carbocycles. The average molecular weight is 370 g/mol. The van der Waals surface area contributed by atoms with Crippen LogP contribution >= 0.6 is 0 Å². The maximum atomic E-state index is 14.0.